The number of fused-ring (bicyclic) bond motifs is 1. The summed E-state index contributed by atoms with van der Waals surface area (Å²) >= 11 is 0. The van der Waals surface area contributed by atoms with Crippen LogP contribution in [0.25, 0.3) is 22.0 Å². The number of rotatable bonds is 11. The molecule has 2 aromatic carbocycles. The Hall–Kier alpha value is -2.29. The Balaban J connectivity index is 0.000000421. The minimum atomic E-state index is -0.337. The van der Waals surface area contributed by atoms with Crippen molar-refractivity contribution in [3.8, 4) is 11.3 Å². The van der Waals surface area contributed by atoms with Crippen molar-refractivity contribution >= 4 is 16.6 Å². The number of aryl methyl sites for hydroxylation is 2. The zero-order chi connectivity index (χ0) is 30.1. The molecule has 0 saturated heterocycles. The normalized spacial score (nSPS) is 12.1. The van der Waals surface area contributed by atoms with Crippen LogP contribution in [0.1, 0.15) is 117 Å². The summed E-state index contributed by atoms with van der Waals surface area (Å²) in [5.74, 6) is 0.928. The molecule has 0 spiro atoms. The molecule has 1 heterocycles. The standard InChI is InChI=1S/C22H24N.C15H28O2.Ir/c1-5-17(6-2)18-7-8-21-19(14-18)9-10-23-22(21)20-12-15(3)11-16(4)13-20;1-7-14(5,8-2)12(16)11-13(17)15(6,9-3)10-4;/h7-12,14,17H,5-6H2,1-4H3;11,16H,7-10H2,1-6H3;/q-1;;/b;12-11-;. The van der Waals surface area contributed by atoms with Crippen molar-refractivity contribution in [2.45, 2.75) is 114 Å². The third-order valence-electron chi connectivity index (χ3n) is 9.25. The molecular formula is C37H52IrNO2-. The molecule has 227 valence electrons. The molecule has 1 aromatic heterocycles. The molecule has 0 aliphatic rings. The fourth-order valence-corrected chi connectivity index (χ4v) is 5.13. The second kappa shape index (κ2) is 16.4. The van der Waals surface area contributed by atoms with Crippen LogP contribution in [0, 0.1) is 30.7 Å². The summed E-state index contributed by atoms with van der Waals surface area (Å²) < 4.78 is 0. The van der Waals surface area contributed by atoms with Gasteiger partial charge in [-0.3, -0.25) is 4.79 Å². The number of ketones is 1. The van der Waals surface area contributed by atoms with E-state index in [-0.39, 0.29) is 42.5 Å². The molecule has 0 fully saturated rings. The maximum Gasteiger partial charge on any atom is 0.164 e. The van der Waals surface area contributed by atoms with Crippen LogP contribution in [0.5, 0.6) is 0 Å². The molecule has 1 radical (unpaired) electrons. The first-order valence-electron chi connectivity index (χ1n) is 15.3. The van der Waals surface area contributed by atoms with Crippen LogP contribution in [0.15, 0.2) is 54.4 Å². The molecule has 4 heteroatoms. The predicted molar refractivity (Wildman–Crippen MR) is 172 cm³/mol. The van der Waals surface area contributed by atoms with E-state index in [1.165, 1.54) is 40.8 Å². The largest absolute Gasteiger partial charge is 0.512 e. The number of hydrogen-bond donors (Lipinski definition) is 1. The van der Waals surface area contributed by atoms with Gasteiger partial charge >= 0.3 is 0 Å². The number of aliphatic hydroxyl groups excluding tert-OH is 1. The number of allylic oxidation sites excluding steroid dienone is 2. The Morgan fingerprint density at radius 3 is 2.00 bits per heavy atom. The summed E-state index contributed by atoms with van der Waals surface area (Å²) in [6.45, 7) is 20.8. The van der Waals surface area contributed by atoms with Gasteiger partial charge in [-0.05, 0) is 72.5 Å². The molecule has 0 atom stereocenters. The summed E-state index contributed by atoms with van der Waals surface area (Å²) in [4.78, 5) is 16.8. The average molecular weight is 735 g/mol. The maximum atomic E-state index is 12.2. The number of aliphatic hydroxyl groups is 1. The second-order valence-corrected chi connectivity index (χ2v) is 11.8. The Morgan fingerprint density at radius 2 is 1.49 bits per heavy atom. The third kappa shape index (κ3) is 9.10. The van der Waals surface area contributed by atoms with Crippen molar-refractivity contribution in [1.29, 1.82) is 0 Å². The van der Waals surface area contributed by atoms with Crippen molar-refractivity contribution in [2.75, 3.05) is 0 Å². The molecule has 0 aliphatic heterocycles. The van der Waals surface area contributed by atoms with E-state index in [4.69, 9.17) is 0 Å². The van der Waals surface area contributed by atoms with Gasteiger partial charge in [-0.25, -0.2) is 0 Å². The number of carbonyl (C=O) groups excluding carboxylic acids is 1. The van der Waals surface area contributed by atoms with Gasteiger partial charge in [0, 0.05) is 43.2 Å². The van der Waals surface area contributed by atoms with E-state index in [2.05, 4.69) is 75.1 Å². The topological polar surface area (TPSA) is 50.2 Å². The van der Waals surface area contributed by atoms with Gasteiger partial charge in [0.15, 0.2) is 5.78 Å². The van der Waals surface area contributed by atoms with Crippen LogP contribution in [0.2, 0.25) is 0 Å². The number of benzene rings is 2. The first kappa shape index (κ1) is 36.7. The van der Waals surface area contributed by atoms with E-state index in [9.17, 15) is 9.90 Å². The van der Waals surface area contributed by atoms with Gasteiger partial charge in [-0.2, -0.15) is 0 Å². The molecular weight excluding hydrogens is 683 g/mol. The molecule has 0 unspecified atom stereocenters. The summed E-state index contributed by atoms with van der Waals surface area (Å²) in [6, 6.07) is 16.7. The van der Waals surface area contributed by atoms with E-state index >= 15 is 0 Å². The summed E-state index contributed by atoms with van der Waals surface area (Å²) in [5.41, 5.74) is 5.36. The molecule has 0 bridgehead atoms. The summed E-state index contributed by atoms with van der Waals surface area (Å²) in [5, 5.41) is 12.6. The van der Waals surface area contributed by atoms with Crippen molar-refractivity contribution in [2.24, 2.45) is 10.8 Å². The van der Waals surface area contributed by atoms with Crippen LogP contribution in [-0.4, -0.2) is 15.9 Å². The number of hydrogen-bond acceptors (Lipinski definition) is 3. The number of nitrogens with zero attached hydrogens (tertiary/aromatic N) is 1. The van der Waals surface area contributed by atoms with Crippen LogP contribution in [0.4, 0.5) is 0 Å². The third-order valence-corrected chi connectivity index (χ3v) is 9.25. The Morgan fingerprint density at radius 1 is 0.902 bits per heavy atom. The molecule has 0 aliphatic carbocycles. The molecule has 3 aromatic rings. The monoisotopic (exact) mass is 735 g/mol. The smallest absolute Gasteiger partial charge is 0.164 e. The van der Waals surface area contributed by atoms with Crippen LogP contribution in [0.3, 0.4) is 0 Å². The van der Waals surface area contributed by atoms with Crippen LogP contribution >= 0.6 is 0 Å². The van der Waals surface area contributed by atoms with Gasteiger partial charge in [0.05, 0.1) is 0 Å². The van der Waals surface area contributed by atoms with Gasteiger partial charge in [-0.15, -0.1) is 34.9 Å². The van der Waals surface area contributed by atoms with Gasteiger partial charge < -0.3 is 10.1 Å². The van der Waals surface area contributed by atoms with E-state index < -0.39 is 0 Å². The first-order valence-corrected chi connectivity index (χ1v) is 15.3. The second-order valence-electron chi connectivity index (χ2n) is 11.8. The zero-order valence-electron chi connectivity index (χ0n) is 27.1. The van der Waals surface area contributed by atoms with Crippen LogP contribution < -0.4 is 0 Å². The molecule has 0 saturated carbocycles. The SMILES string of the molecule is CCC(C)(CC)C(=O)/C=C(\O)C(C)(CC)CC.CCC(CC)c1ccc2c(-c3[c-]c(C)cc(C)c3)nccc2c1.[Ir]. The molecule has 1 N–H and O–H groups in total. The first-order chi connectivity index (χ1) is 18.9. The zero-order valence-corrected chi connectivity index (χ0v) is 29.5. The Labute approximate surface area is 263 Å². The average Bonchev–Trinajstić information content (AvgIpc) is 2.96. The quantitative estimate of drug-likeness (QED) is 0.121. The molecule has 3 rings (SSSR count). The fourth-order valence-electron chi connectivity index (χ4n) is 5.13. The number of aromatic nitrogens is 1. The van der Waals surface area contributed by atoms with E-state index in [1.54, 1.807) is 0 Å². The van der Waals surface area contributed by atoms with Gasteiger partial charge in [-0.1, -0.05) is 87.4 Å². The molecule has 0 amide bonds. The molecule has 3 nitrogen and oxygen atoms in total. The molecule has 41 heavy (non-hydrogen) atoms. The Bertz CT molecular complexity index is 1280. The van der Waals surface area contributed by atoms with Crippen molar-refractivity contribution in [1.82, 2.24) is 4.98 Å². The maximum absolute atomic E-state index is 12.2. The van der Waals surface area contributed by atoms with Gasteiger partial charge in [0.2, 0.25) is 0 Å². The summed E-state index contributed by atoms with van der Waals surface area (Å²) in [6.07, 6.45) is 9.04. The number of pyridine rings is 1. The predicted octanol–water partition coefficient (Wildman–Crippen LogP) is 10.9. The van der Waals surface area contributed by atoms with E-state index in [1.807, 2.05) is 47.7 Å². The van der Waals surface area contributed by atoms with Gasteiger partial charge in [0.25, 0.3) is 0 Å². The van der Waals surface area contributed by atoms with Crippen molar-refractivity contribution in [3.05, 3.63) is 77.2 Å². The Kier molecular flexibility index (Phi) is 14.7. The van der Waals surface area contributed by atoms with Crippen molar-refractivity contribution in [3.63, 3.8) is 0 Å². The van der Waals surface area contributed by atoms with Crippen LogP contribution in [-0.2, 0) is 24.9 Å². The van der Waals surface area contributed by atoms with Gasteiger partial charge in [0.1, 0.15) is 5.76 Å². The van der Waals surface area contributed by atoms with E-state index in [0.717, 1.165) is 42.5 Å². The number of carbonyl (C=O) groups is 1. The van der Waals surface area contributed by atoms with E-state index in [0.29, 0.717) is 5.92 Å². The fraction of sp³-hybridized carbons (Fsp3) is 0.514. The summed E-state index contributed by atoms with van der Waals surface area (Å²) in [7, 11) is 0. The van der Waals surface area contributed by atoms with Crippen molar-refractivity contribution < 1.29 is 30.0 Å². The minimum Gasteiger partial charge on any atom is -0.512 e. The minimum absolute atomic E-state index is 0.